The highest BCUT2D eigenvalue weighted by Crippen LogP contribution is 2.11. The Morgan fingerprint density at radius 2 is 2.00 bits per heavy atom. The molecule has 1 aromatic rings. The zero-order chi connectivity index (χ0) is 17.9. The molecular weight excluding hydrogens is 300 g/mol. The van der Waals surface area contributed by atoms with Gasteiger partial charge in [-0.2, -0.15) is 0 Å². The molecule has 0 heterocycles. The molecule has 0 aliphatic heterocycles. The van der Waals surface area contributed by atoms with E-state index in [1.165, 1.54) is 0 Å². The molecule has 0 unspecified atom stereocenters. The quantitative estimate of drug-likeness (QED) is 0.333. The number of rotatable bonds is 8. The van der Waals surface area contributed by atoms with Crippen LogP contribution in [0.3, 0.4) is 0 Å². The number of allylic oxidation sites excluding steroid dienone is 1. The van der Waals surface area contributed by atoms with Crippen LogP contribution in [0.25, 0.3) is 0 Å². The van der Waals surface area contributed by atoms with Crippen LogP contribution in [0, 0.1) is 5.92 Å². The normalized spacial score (nSPS) is 11.3. The number of amides is 1. The number of anilines is 1. The first kappa shape index (κ1) is 19.7. The summed E-state index contributed by atoms with van der Waals surface area (Å²) in [7, 11) is 3.82. The van der Waals surface area contributed by atoms with Crippen LogP contribution in [-0.4, -0.2) is 37.4 Å². The summed E-state index contributed by atoms with van der Waals surface area (Å²) >= 11 is 0. The number of guanidine groups is 1. The summed E-state index contributed by atoms with van der Waals surface area (Å²) in [5.41, 5.74) is 1.96. The second-order valence-corrected chi connectivity index (χ2v) is 6.09. The van der Waals surface area contributed by atoms with Crippen LogP contribution in [0.4, 0.5) is 5.69 Å². The lowest BCUT2D eigenvalue weighted by atomic mass is 10.1. The number of aliphatic imine (C=N–C) groups is 1. The summed E-state index contributed by atoms with van der Waals surface area (Å²) < 4.78 is 0. The van der Waals surface area contributed by atoms with E-state index in [1.54, 1.807) is 7.05 Å². The van der Waals surface area contributed by atoms with E-state index in [1.807, 2.05) is 51.2 Å². The van der Waals surface area contributed by atoms with Gasteiger partial charge in [0.1, 0.15) is 0 Å². The average molecular weight is 330 g/mol. The Hall–Kier alpha value is -2.30. The second-order valence-electron chi connectivity index (χ2n) is 6.09. The van der Waals surface area contributed by atoms with Crippen molar-refractivity contribution in [2.75, 3.05) is 26.0 Å². The van der Waals surface area contributed by atoms with Gasteiger partial charge in [0, 0.05) is 38.8 Å². The molecule has 24 heavy (non-hydrogen) atoms. The number of nitrogens with zero attached hydrogens (tertiary/aromatic N) is 2. The molecule has 0 aromatic heterocycles. The maximum atomic E-state index is 11.7. The summed E-state index contributed by atoms with van der Waals surface area (Å²) in [5.74, 6) is 0.880. The van der Waals surface area contributed by atoms with Gasteiger partial charge in [0.2, 0.25) is 5.91 Å². The molecule has 0 aliphatic carbocycles. The molecule has 0 aliphatic rings. The van der Waals surface area contributed by atoms with Crippen molar-refractivity contribution < 1.29 is 4.79 Å². The standard InChI is InChI=1S/C19H30N4O/c1-6-7-8-13-23(5)19(20-4)21-14-16-9-11-17(12-10-16)22-18(24)15(2)3/h6,9-12,15H,1,7-8,13-14H2,2-5H3,(H,20,21)(H,22,24). The molecule has 0 spiro atoms. The van der Waals surface area contributed by atoms with Gasteiger partial charge in [-0.05, 0) is 30.5 Å². The van der Waals surface area contributed by atoms with Crippen molar-refractivity contribution in [3.05, 3.63) is 42.5 Å². The lowest BCUT2D eigenvalue weighted by Crippen LogP contribution is -2.38. The van der Waals surface area contributed by atoms with Gasteiger partial charge in [-0.15, -0.1) is 6.58 Å². The van der Waals surface area contributed by atoms with Gasteiger partial charge < -0.3 is 15.5 Å². The molecule has 1 amide bonds. The topological polar surface area (TPSA) is 56.7 Å². The fourth-order valence-electron chi connectivity index (χ4n) is 2.14. The van der Waals surface area contributed by atoms with E-state index in [-0.39, 0.29) is 11.8 Å². The highest BCUT2D eigenvalue weighted by atomic mass is 16.1. The SMILES string of the molecule is C=CCCCN(C)C(=NC)NCc1ccc(NC(=O)C(C)C)cc1. The molecule has 0 bridgehead atoms. The Bertz CT molecular complexity index is 549. The number of unbranched alkanes of at least 4 members (excludes halogenated alkanes) is 1. The van der Waals surface area contributed by atoms with Crippen LogP contribution < -0.4 is 10.6 Å². The summed E-state index contributed by atoms with van der Waals surface area (Å²) in [6.07, 6.45) is 4.00. The fourth-order valence-corrected chi connectivity index (χ4v) is 2.14. The van der Waals surface area contributed by atoms with Crippen molar-refractivity contribution in [3.63, 3.8) is 0 Å². The first-order valence-corrected chi connectivity index (χ1v) is 8.40. The number of carbonyl (C=O) groups is 1. The van der Waals surface area contributed by atoms with Gasteiger partial charge in [-0.25, -0.2) is 0 Å². The highest BCUT2D eigenvalue weighted by Gasteiger charge is 2.07. The Balaban J connectivity index is 2.51. The maximum absolute atomic E-state index is 11.7. The molecular formula is C19H30N4O. The lowest BCUT2D eigenvalue weighted by molar-refractivity contribution is -0.118. The second kappa shape index (κ2) is 10.5. The predicted molar refractivity (Wildman–Crippen MR) is 102 cm³/mol. The Kier molecular flexibility index (Phi) is 8.61. The third-order valence-electron chi connectivity index (χ3n) is 3.67. The van der Waals surface area contributed by atoms with E-state index in [4.69, 9.17) is 0 Å². The Labute approximate surface area is 145 Å². The number of benzene rings is 1. The van der Waals surface area contributed by atoms with E-state index in [9.17, 15) is 4.79 Å². The van der Waals surface area contributed by atoms with Crippen LogP contribution >= 0.6 is 0 Å². The molecule has 0 saturated heterocycles. The monoisotopic (exact) mass is 330 g/mol. The number of hydrogen-bond acceptors (Lipinski definition) is 2. The molecule has 1 aromatic carbocycles. The smallest absolute Gasteiger partial charge is 0.226 e. The van der Waals surface area contributed by atoms with Crippen molar-refractivity contribution in [2.45, 2.75) is 33.2 Å². The van der Waals surface area contributed by atoms with Gasteiger partial charge >= 0.3 is 0 Å². The summed E-state index contributed by atoms with van der Waals surface area (Å²) in [5, 5.41) is 6.25. The molecule has 5 heteroatoms. The lowest BCUT2D eigenvalue weighted by Gasteiger charge is -2.22. The molecule has 5 nitrogen and oxygen atoms in total. The minimum Gasteiger partial charge on any atom is -0.352 e. The van der Waals surface area contributed by atoms with E-state index in [2.05, 4.69) is 27.1 Å². The number of nitrogens with one attached hydrogen (secondary N) is 2. The molecule has 0 radical (unpaired) electrons. The fraction of sp³-hybridized carbons (Fsp3) is 0.474. The molecule has 0 fully saturated rings. The summed E-state index contributed by atoms with van der Waals surface area (Å²) in [4.78, 5) is 18.1. The van der Waals surface area contributed by atoms with E-state index in [0.717, 1.165) is 36.6 Å². The minimum absolute atomic E-state index is 0.0220. The van der Waals surface area contributed by atoms with Crippen molar-refractivity contribution in [1.82, 2.24) is 10.2 Å². The Morgan fingerprint density at radius 3 is 2.54 bits per heavy atom. The van der Waals surface area contributed by atoms with Crippen LogP contribution in [0.5, 0.6) is 0 Å². The molecule has 0 saturated carbocycles. The molecule has 1 rings (SSSR count). The average Bonchev–Trinajstić information content (AvgIpc) is 2.57. The van der Waals surface area contributed by atoms with Crippen LogP contribution in [0.15, 0.2) is 41.9 Å². The minimum atomic E-state index is -0.0220. The van der Waals surface area contributed by atoms with Crippen LogP contribution in [0.1, 0.15) is 32.3 Å². The third kappa shape index (κ3) is 6.86. The van der Waals surface area contributed by atoms with Crippen LogP contribution in [-0.2, 0) is 11.3 Å². The van der Waals surface area contributed by atoms with Crippen molar-refractivity contribution in [1.29, 1.82) is 0 Å². The van der Waals surface area contributed by atoms with E-state index in [0.29, 0.717) is 6.54 Å². The first-order chi connectivity index (χ1) is 11.5. The predicted octanol–water partition coefficient (Wildman–Crippen LogP) is 3.25. The van der Waals surface area contributed by atoms with Gasteiger partial charge in [0.25, 0.3) is 0 Å². The van der Waals surface area contributed by atoms with E-state index < -0.39 is 0 Å². The zero-order valence-electron chi connectivity index (χ0n) is 15.3. The van der Waals surface area contributed by atoms with E-state index >= 15 is 0 Å². The Morgan fingerprint density at radius 1 is 1.33 bits per heavy atom. The van der Waals surface area contributed by atoms with Crippen molar-refractivity contribution >= 4 is 17.6 Å². The van der Waals surface area contributed by atoms with Gasteiger partial charge in [0.15, 0.2) is 5.96 Å². The highest BCUT2D eigenvalue weighted by molar-refractivity contribution is 5.92. The maximum Gasteiger partial charge on any atom is 0.226 e. The summed E-state index contributed by atoms with van der Waals surface area (Å²) in [6, 6.07) is 7.86. The summed E-state index contributed by atoms with van der Waals surface area (Å²) in [6.45, 7) is 9.13. The number of carbonyl (C=O) groups excluding carboxylic acids is 1. The van der Waals surface area contributed by atoms with Crippen molar-refractivity contribution in [2.24, 2.45) is 10.9 Å². The van der Waals surface area contributed by atoms with Gasteiger partial charge in [-0.3, -0.25) is 9.79 Å². The largest absolute Gasteiger partial charge is 0.352 e. The van der Waals surface area contributed by atoms with Gasteiger partial charge in [-0.1, -0.05) is 32.1 Å². The van der Waals surface area contributed by atoms with Crippen LogP contribution in [0.2, 0.25) is 0 Å². The van der Waals surface area contributed by atoms with Crippen molar-refractivity contribution in [3.8, 4) is 0 Å². The molecule has 2 N–H and O–H groups in total. The molecule has 132 valence electrons. The zero-order valence-corrected chi connectivity index (χ0v) is 15.3. The third-order valence-corrected chi connectivity index (χ3v) is 3.67. The molecule has 0 atom stereocenters. The number of hydrogen-bond donors (Lipinski definition) is 2. The van der Waals surface area contributed by atoms with Gasteiger partial charge in [0.05, 0.1) is 0 Å². The first-order valence-electron chi connectivity index (χ1n) is 8.40.